The number of furan rings is 1. The molecule has 0 bridgehead atoms. The van der Waals surface area contributed by atoms with Crippen LogP contribution in [0.15, 0.2) is 28.7 Å². The second kappa shape index (κ2) is 6.34. The summed E-state index contributed by atoms with van der Waals surface area (Å²) >= 11 is 0. The SMILES string of the molecule is COc1c(-c2cccc(C3CCNC3=O)c2)oc2c(C)c(C)c(C)c(O)c12. The molecule has 3 aromatic rings. The van der Waals surface area contributed by atoms with E-state index in [1.54, 1.807) is 7.11 Å². The zero-order chi connectivity index (χ0) is 19.3. The number of ether oxygens (including phenoxy) is 1. The van der Waals surface area contributed by atoms with Crippen molar-refractivity contribution in [3.63, 3.8) is 0 Å². The van der Waals surface area contributed by atoms with Crippen LogP contribution >= 0.6 is 0 Å². The summed E-state index contributed by atoms with van der Waals surface area (Å²) in [6, 6.07) is 7.79. The number of phenols is 1. The van der Waals surface area contributed by atoms with Crippen LogP contribution in [0, 0.1) is 20.8 Å². The summed E-state index contributed by atoms with van der Waals surface area (Å²) in [7, 11) is 1.58. The van der Waals surface area contributed by atoms with Crippen LogP contribution in [-0.4, -0.2) is 24.7 Å². The van der Waals surface area contributed by atoms with Crippen LogP contribution in [0.4, 0.5) is 0 Å². The van der Waals surface area contributed by atoms with E-state index in [9.17, 15) is 9.90 Å². The van der Waals surface area contributed by atoms with E-state index in [-0.39, 0.29) is 17.6 Å². The Bertz CT molecular complexity index is 1060. The minimum Gasteiger partial charge on any atom is -0.507 e. The minimum atomic E-state index is -0.139. The molecule has 0 saturated carbocycles. The standard InChI is InChI=1S/C22H23NO4/c1-11-12(2)18(24)17-19(13(11)3)27-20(21(17)26-4)15-7-5-6-14(10-15)16-8-9-23-22(16)25/h5-7,10,16,24H,8-9H2,1-4H3,(H,23,25). The molecule has 0 spiro atoms. The maximum Gasteiger partial charge on any atom is 0.227 e. The number of carbonyl (C=O) groups excluding carboxylic acids is 1. The second-order valence-corrected chi connectivity index (χ2v) is 7.15. The van der Waals surface area contributed by atoms with Gasteiger partial charge in [-0.2, -0.15) is 0 Å². The number of benzene rings is 2. The van der Waals surface area contributed by atoms with E-state index < -0.39 is 0 Å². The quantitative estimate of drug-likeness (QED) is 0.724. The predicted molar refractivity (Wildman–Crippen MR) is 104 cm³/mol. The van der Waals surface area contributed by atoms with Crippen molar-refractivity contribution in [1.82, 2.24) is 5.32 Å². The normalized spacial score (nSPS) is 16.7. The first-order valence-electron chi connectivity index (χ1n) is 9.11. The molecule has 0 aliphatic carbocycles. The Morgan fingerprint density at radius 2 is 1.96 bits per heavy atom. The summed E-state index contributed by atoms with van der Waals surface area (Å²) in [4.78, 5) is 12.1. The molecule has 1 fully saturated rings. The zero-order valence-corrected chi connectivity index (χ0v) is 16.0. The van der Waals surface area contributed by atoms with Crippen LogP contribution in [-0.2, 0) is 4.79 Å². The number of nitrogens with one attached hydrogen (secondary N) is 1. The van der Waals surface area contributed by atoms with Gasteiger partial charge in [0.15, 0.2) is 11.5 Å². The van der Waals surface area contributed by atoms with E-state index in [0.29, 0.717) is 29.0 Å². The van der Waals surface area contributed by atoms with Gasteiger partial charge in [0.2, 0.25) is 5.91 Å². The van der Waals surface area contributed by atoms with E-state index in [1.165, 1.54) is 0 Å². The van der Waals surface area contributed by atoms with Crippen molar-refractivity contribution in [2.24, 2.45) is 0 Å². The number of aromatic hydroxyl groups is 1. The van der Waals surface area contributed by atoms with Gasteiger partial charge in [-0.3, -0.25) is 4.79 Å². The summed E-state index contributed by atoms with van der Waals surface area (Å²) in [6.07, 6.45) is 0.790. The lowest BCUT2D eigenvalue weighted by atomic mass is 9.95. The molecular weight excluding hydrogens is 342 g/mol. The average Bonchev–Trinajstić information content (AvgIpc) is 3.28. The summed E-state index contributed by atoms with van der Waals surface area (Å²) in [5.41, 5.74) is 5.22. The van der Waals surface area contributed by atoms with Gasteiger partial charge in [0.05, 0.1) is 13.0 Å². The van der Waals surface area contributed by atoms with Gasteiger partial charge < -0.3 is 19.6 Å². The lowest BCUT2D eigenvalue weighted by Crippen LogP contribution is -2.17. The highest BCUT2D eigenvalue weighted by Crippen LogP contribution is 2.47. The number of hydrogen-bond acceptors (Lipinski definition) is 4. The lowest BCUT2D eigenvalue weighted by Gasteiger charge is -2.09. The molecule has 2 N–H and O–H groups in total. The molecule has 4 rings (SSSR count). The van der Waals surface area contributed by atoms with Crippen LogP contribution in [0.1, 0.15) is 34.6 Å². The molecule has 2 aromatic carbocycles. The summed E-state index contributed by atoms with van der Waals surface area (Å²) in [6.45, 7) is 6.55. The molecule has 5 nitrogen and oxygen atoms in total. The van der Waals surface area contributed by atoms with Gasteiger partial charge in [-0.25, -0.2) is 0 Å². The molecule has 1 saturated heterocycles. The molecule has 1 aromatic heterocycles. The molecule has 2 heterocycles. The van der Waals surface area contributed by atoms with Gasteiger partial charge >= 0.3 is 0 Å². The maximum absolute atomic E-state index is 12.1. The molecule has 0 radical (unpaired) electrons. The van der Waals surface area contributed by atoms with Crippen LogP contribution in [0.2, 0.25) is 0 Å². The minimum absolute atomic E-state index is 0.0588. The first-order chi connectivity index (χ1) is 12.9. The van der Waals surface area contributed by atoms with Gasteiger partial charge in [0.25, 0.3) is 0 Å². The molecular formula is C22H23NO4. The highest BCUT2D eigenvalue weighted by molar-refractivity contribution is 5.99. The third-order valence-electron chi connectivity index (χ3n) is 5.73. The van der Waals surface area contributed by atoms with Crippen molar-refractivity contribution in [3.8, 4) is 22.8 Å². The summed E-state index contributed by atoms with van der Waals surface area (Å²) in [5, 5.41) is 14.2. The van der Waals surface area contributed by atoms with E-state index in [2.05, 4.69) is 5.32 Å². The first kappa shape index (κ1) is 17.5. The Morgan fingerprint density at radius 3 is 2.63 bits per heavy atom. The van der Waals surface area contributed by atoms with Crippen molar-refractivity contribution in [2.45, 2.75) is 33.1 Å². The first-order valence-corrected chi connectivity index (χ1v) is 9.11. The maximum atomic E-state index is 12.1. The molecule has 1 aliphatic rings. The third kappa shape index (κ3) is 2.57. The fraction of sp³-hybridized carbons (Fsp3) is 0.318. The number of fused-ring (bicyclic) bond motifs is 1. The van der Waals surface area contributed by atoms with Crippen LogP contribution in [0.3, 0.4) is 0 Å². The van der Waals surface area contributed by atoms with E-state index in [1.807, 2.05) is 45.0 Å². The van der Waals surface area contributed by atoms with E-state index >= 15 is 0 Å². The fourth-order valence-electron chi connectivity index (χ4n) is 3.91. The Balaban J connectivity index is 1.93. The zero-order valence-electron chi connectivity index (χ0n) is 16.0. The fourth-order valence-corrected chi connectivity index (χ4v) is 3.91. The second-order valence-electron chi connectivity index (χ2n) is 7.15. The Hall–Kier alpha value is -2.95. The lowest BCUT2D eigenvalue weighted by molar-refractivity contribution is -0.120. The molecule has 1 unspecified atom stereocenters. The highest BCUT2D eigenvalue weighted by Gasteiger charge is 2.28. The summed E-state index contributed by atoms with van der Waals surface area (Å²) in [5.74, 6) is 1.19. The van der Waals surface area contributed by atoms with Crippen molar-refractivity contribution < 1.29 is 19.1 Å². The number of hydrogen-bond donors (Lipinski definition) is 2. The molecule has 1 aliphatic heterocycles. The van der Waals surface area contributed by atoms with Crippen LogP contribution in [0.5, 0.6) is 11.5 Å². The number of amides is 1. The molecule has 27 heavy (non-hydrogen) atoms. The van der Waals surface area contributed by atoms with Crippen molar-refractivity contribution in [1.29, 1.82) is 0 Å². The number of rotatable bonds is 3. The number of carbonyl (C=O) groups is 1. The monoisotopic (exact) mass is 365 g/mol. The average molecular weight is 365 g/mol. The Labute approximate surface area is 157 Å². The molecule has 5 heteroatoms. The van der Waals surface area contributed by atoms with Crippen molar-refractivity contribution in [2.75, 3.05) is 13.7 Å². The van der Waals surface area contributed by atoms with Crippen molar-refractivity contribution in [3.05, 3.63) is 46.5 Å². The van der Waals surface area contributed by atoms with Crippen LogP contribution < -0.4 is 10.1 Å². The summed E-state index contributed by atoms with van der Waals surface area (Å²) < 4.78 is 11.8. The highest BCUT2D eigenvalue weighted by atomic mass is 16.5. The largest absolute Gasteiger partial charge is 0.507 e. The smallest absolute Gasteiger partial charge is 0.227 e. The van der Waals surface area contributed by atoms with Crippen LogP contribution in [0.25, 0.3) is 22.3 Å². The van der Waals surface area contributed by atoms with Gasteiger partial charge in [-0.1, -0.05) is 18.2 Å². The van der Waals surface area contributed by atoms with Gasteiger partial charge in [-0.05, 0) is 55.5 Å². The molecule has 140 valence electrons. The topological polar surface area (TPSA) is 71.7 Å². The Kier molecular flexibility index (Phi) is 4.10. The number of methoxy groups -OCH3 is 1. The number of aryl methyl sites for hydroxylation is 1. The Morgan fingerprint density at radius 1 is 1.19 bits per heavy atom. The number of phenolic OH excluding ortho intramolecular Hbond substituents is 1. The van der Waals surface area contributed by atoms with Gasteiger partial charge in [-0.15, -0.1) is 0 Å². The molecule has 1 atom stereocenters. The van der Waals surface area contributed by atoms with Gasteiger partial charge in [0.1, 0.15) is 16.7 Å². The predicted octanol–water partition coefficient (Wildman–Crippen LogP) is 4.34. The van der Waals surface area contributed by atoms with Crippen molar-refractivity contribution >= 4 is 16.9 Å². The third-order valence-corrected chi connectivity index (χ3v) is 5.73. The van der Waals surface area contributed by atoms with E-state index in [0.717, 1.165) is 34.2 Å². The van der Waals surface area contributed by atoms with E-state index in [4.69, 9.17) is 9.15 Å². The molecule has 1 amide bonds. The van der Waals surface area contributed by atoms with Gasteiger partial charge in [0, 0.05) is 12.1 Å².